The Bertz CT molecular complexity index is 274. The summed E-state index contributed by atoms with van der Waals surface area (Å²) < 4.78 is 21.7. The fourth-order valence-corrected chi connectivity index (χ4v) is 1.62. The molecule has 0 atom stereocenters. The van der Waals surface area contributed by atoms with Crippen LogP contribution < -0.4 is 5.73 Å². The van der Waals surface area contributed by atoms with Crippen LogP contribution in [0.1, 0.15) is 12.8 Å². The van der Waals surface area contributed by atoms with Crippen LogP contribution >= 0.6 is 0 Å². The van der Waals surface area contributed by atoms with Gasteiger partial charge in [-0.2, -0.15) is 0 Å². The molecule has 5 nitrogen and oxygen atoms in total. The van der Waals surface area contributed by atoms with Crippen LogP contribution in [0.2, 0.25) is 0 Å². The Labute approximate surface area is 85.7 Å². The molecule has 0 spiro atoms. The first-order valence-electron chi connectivity index (χ1n) is 4.50. The van der Waals surface area contributed by atoms with Crippen molar-refractivity contribution in [2.45, 2.75) is 12.8 Å². The number of nitrogens with two attached hydrogens (primary N) is 1. The topological polar surface area (TPSA) is 87.2 Å². The van der Waals surface area contributed by atoms with Crippen molar-refractivity contribution in [1.82, 2.24) is 4.90 Å². The molecule has 84 valence electrons. The largest absolute Gasteiger partial charge is 0.388 e. The van der Waals surface area contributed by atoms with Crippen LogP contribution in [0.4, 0.5) is 0 Å². The first-order chi connectivity index (χ1) is 6.31. The number of amidine groups is 1. The maximum atomic E-state index is 10.8. The van der Waals surface area contributed by atoms with Crippen LogP contribution in [0.5, 0.6) is 0 Å². The summed E-state index contributed by atoms with van der Waals surface area (Å²) >= 11 is 0. The molecule has 0 unspecified atom stereocenters. The molecule has 14 heavy (non-hydrogen) atoms. The highest BCUT2D eigenvalue weighted by atomic mass is 32.2. The number of nitrogens with zero attached hydrogens (tertiary/aromatic N) is 1. The van der Waals surface area contributed by atoms with Gasteiger partial charge in [0, 0.05) is 19.2 Å². The zero-order chi connectivity index (χ0) is 11.2. The van der Waals surface area contributed by atoms with Gasteiger partial charge in [0.05, 0.1) is 11.6 Å². The molecule has 0 aliphatic rings. The molecule has 0 radical (unpaired) electrons. The monoisotopic (exact) mass is 221 g/mol. The minimum absolute atomic E-state index is 0.182. The van der Waals surface area contributed by atoms with E-state index in [1.807, 2.05) is 11.9 Å². The van der Waals surface area contributed by atoms with Crippen molar-refractivity contribution in [2.75, 3.05) is 32.1 Å². The van der Waals surface area contributed by atoms with E-state index >= 15 is 0 Å². The summed E-state index contributed by atoms with van der Waals surface area (Å²) in [5.41, 5.74) is 5.19. The van der Waals surface area contributed by atoms with E-state index in [0.29, 0.717) is 13.0 Å². The quantitative estimate of drug-likeness (QED) is 0.455. The molecule has 0 aromatic carbocycles. The number of nitrogens with one attached hydrogen (secondary N) is 1. The molecule has 0 saturated heterocycles. The minimum atomic E-state index is -2.87. The Morgan fingerprint density at radius 1 is 1.43 bits per heavy atom. The fourth-order valence-electron chi connectivity index (χ4n) is 0.973. The zero-order valence-corrected chi connectivity index (χ0v) is 9.60. The second-order valence-electron chi connectivity index (χ2n) is 3.56. The highest BCUT2D eigenvalue weighted by molar-refractivity contribution is 7.90. The van der Waals surface area contributed by atoms with E-state index in [1.165, 1.54) is 6.26 Å². The van der Waals surface area contributed by atoms with E-state index in [0.717, 1.165) is 13.0 Å². The maximum absolute atomic E-state index is 10.8. The number of hydrogen-bond acceptors (Lipinski definition) is 4. The standard InChI is InChI=1S/C8H19N3O2S/c1-11(5-3-4-8(9)10)6-7-14(2,12)13/h3-7H2,1-2H3,(H3,9,10). The van der Waals surface area contributed by atoms with Crippen LogP contribution in [-0.4, -0.2) is 51.3 Å². The lowest BCUT2D eigenvalue weighted by Crippen LogP contribution is -2.27. The van der Waals surface area contributed by atoms with Crippen molar-refractivity contribution in [3.05, 3.63) is 0 Å². The number of sulfone groups is 1. The van der Waals surface area contributed by atoms with Crippen molar-refractivity contribution in [3.63, 3.8) is 0 Å². The SMILES string of the molecule is CN(CCCC(=N)N)CCS(C)(=O)=O. The van der Waals surface area contributed by atoms with Crippen molar-refractivity contribution >= 4 is 15.7 Å². The summed E-state index contributed by atoms with van der Waals surface area (Å²) in [5.74, 6) is 0.366. The normalized spacial score (nSPS) is 11.9. The van der Waals surface area contributed by atoms with Crippen molar-refractivity contribution in [3.8, 4) is 0 Å². The molecule has 0 amide bonds. The van der Waals surface area contributed by atoms with E-state index < -0.39 is 9.84 Å². The second-order valence-corrected chi connectivity index (χ2v) is 5.82. The average Bonchev–Trinajstić information content (AvgIpc) is 1.99. The maximum Gasteiger partial charge on any atom is 0.148 e. The Kier molecular flexibility index (Phi) is 5.71. The van der Waals surface area contributed by atoms with Gasteiger partial charge in [-0.05, 0) is 20.0 Å². The van der Waals surface area contributed by atoms with Crippen LogP contribution in [0.3, 0.4) is 0 Å². The van der Waals surface area contributed by atoms with E-state index in [2.05, 4.69) is 0 Å². The summed E-state index contributed by atoms with van der Waals surface area (Å²) in [6, 6.07) is 0. The van der Waals surface area contributed by atoms with Gasteiger partial charge in [0.2, 0.25) is 0 Å². The van der Waals surface area contributed by atoms with Gasteiger partial charge >= 0.3 is 0 Å². The summed E-state index contributed by atoms with van der Waals surface area (Å²) in [7, 11) is -1.00. The molecule has 6 heteroatoms. The number of rotatable bonds is 7. The lowest BCUT2D eigenvalue weighted by atomic mass is 10.3. The minimum Gasteiger partial charge on any atom is -0.388 e. The summed E-state index contributed by atoms with van der Waals surface area (Å²) in [5, 5.41) is 7.00. The van der Waals surface area contributed by atoms with Gasteiger partial charge in [-0.3, -0.25) is 5.41 Å². The molecule has 0 saturated carbocycles. The average molecular weight is 221 g/mol. The molecular formula is C8H19N3O2S. The Balaban J connectivity index is 3.56. The Morgan fingerprint density at radius 3 is 2.43 bits per heavy atom. The van der Waals surface area contributed by atoms with Gasteiger partial charge in [-0.15, -0.1) is 0 Å². The molecule has 0 aromatic heterocycles. The molecule has 0 fully saturated rings. The Morgan fingerprint density at radius 2 is 2.00 bits per heavy atom. The third kappa shape index (κ3) is 9.47. The van der Waals surface area contributed by atoms with Gasteiger partial charge < -0.3 is 10.6 Å². The van der Waals surface area contributed by atoms with Gasteiger partial charge in [0.15, 0.2) is 0 Å². The Hall–Kier alpha value is -0.620. The van der Waals surface area contributed by atoms with Gasteiger partial charge in [0.1, 0.15) is 9.84 Å². The molecule has 0 bridgehead atoms. The summed E-state index contributed by atoms with van der Waals surface area (Å²) in [6.45, 7) is 1.31. The summed E-state index contributed by atoms with van der Waals surface area (Å²) in [6.07, 6.45) is 2.61. The van der Waals surface area contributed by atoms with Crippen molar-refractivity contribution in [2.24, 2.45) is 5.73 Å². The van der Waals surface area contributed by atoms with E-state index in [4.69, 9.17) is 11.1 Å². The molecule has 0 aromatic rings. The van der Waals surface area contributed by atoms with Gasteiger partial charge in [-0.25, -0.2) is 8.42 Å². The number of hydrogen-bond donors (Lipinski definition) is 2. The lowest BCUT2D eigenvalue weighted by Gasteiger charge is -2.15. The highest BCUT2D eigenvalue weighted by Crippen LogP contribution is 1.93. The molecule has 3 N–H and O–H groups in total. The van der Waals surface area contributed by atoms with Crippen LogP contribution in [0.25, 0.3) is 0 Å². The first kappa shape index (κ1) is 13.4. The molecule has 0 aliphatic heterocycles. The van der Waals surface area contributed by atoms with Gasteiger partial charge in [0.25, 0.3) is 0 Å². The van der Waals surface area contributed by atoms with Crippen LogP contribution in [-0.2, 0) is 9.84 Å². The first-order valence-corrected chi connectivity index (χ1v) is 6.56. The van der Waals surface area contributed by atoms with E-state index in [9.17, 15) is 8.42 Å². The van der Waals surface area contributed by atoms with Crippen LogP contribution in [0.15, 0.2) is 0 Å². The zero-order valence-electron chi connectivity index (χ0n) is 8.78. The smallest absolute Gasteiger partial charge is 0.148 e. The molecule has 0 aliphatic carbocycles. The molecule has 0 rings (SSSR count). The third-order valence-corrected chi connectivity index (χ3v) is 2.75. The lowest BCUT2D eigenvalue weighted by molar-refractivity contribution is 0.350. The second kappa shape index (κ2) is 5.98. The van der Waals surface area contributed by atoms with E-state index in [-0.39, 0.29) is 11.6 Å². The van der Waals surface area contributed by atoms with Crippen molar-refractivity contribution in [1.29, 1.82) is 5.41 Å². The van der Waals surface area contributed by atoms with Gasteiger partial charge in [-0.1, -0.05) is 0 Å². The predicted octanol–water partition coefficient (Wildman–Crippen LogP) is -0.321. The van der Waals surface area contributed by atoms with Crippen LogP contribution in [0, 0.1) is 5.41 Å². The highest BCUT2D eigenvalue weighted by Gasteiger charge is 2.05. The van der Waals surface area contributed by atoms with E-state index in [1.54, 1.807) is 0 Å². The molecule has 0 heterocycles. The van der Waals surface area contributed by atoms with Crippen molar-refractivity contribution < 1.29 is 8.42 Å². The molecular weight excluding hydrogens is 202 g/mol. The predicted molar refractivity (Wildman–Crippen MR) is 58.4 cm³/mol. The fraction of sp³-hybridized carbons (Fsp3) is 0.875. The summed E-state index contributed by atoms with van der Waals surface area (Å²) in [4.78, 5) is 1.93. The third-order valence-electron chi connectivity index (χ3n) is 1.83.